The van der Waals surface area contributed by atoms with Crippen molar-refractivity contribution in [3.63, 3.8) is 0 Å². The summed E-state index contributed by atoms with van der Waals surface area (Å²) in [4.78, 5) is 2.43. The summed E-state index contributed by atoms with van der Waals surface area (Å²) >= 11 is 0. The van der Waals surface area contributed by atoms with Gasteiger partial charge in [0.2, 0.25) is 0 Å². The van der Waals surface area contributed by atoms with Crippen LogP contribution in [0.15, 0.2) is 48.5 Å². The highest BCUT2D eigenvalue weighted by atomic mass is 19.1. The van der Waals surface area contributed by atoms with E-state index in [0.29, 0.717) is 6.04 Å². The van der Waals surface area contributed by atoms with E-state index in [1.165, 1.54) is 18.1 Å². The number of nitrogens with zero attached hydrogens (tertiary/aromatic N) is 1. The van der Waals surface area contributed by atoms with Crippen LogP contribution < -0.4 is 4.74 Å². The number of likely N-dealkylation sites (tertiary alicyclic amines) is 1. The lowest BCUT2D eigenvalue weighted by molar-refractivity contribution is 0.248. The van der Waals surface area contributed by atoms with Gasteiger partial charge in [0.1, 0.15) is 11.6 Å². The monoisotopic (exact) mass is 285 g/mol. The van der Waals surface area contributed by atoms with Crippen molar-refractivity contribution in [3.05, 3.63) is 65.5 Å². The topological polar surface area (TPSA) is 12.5 Å². The molecule has 2 aromatic carbocycles. The lowest BCUT2D eigenvalue weighted by atomic mass is 10.0. The third kappa shape index (κ3) is 3.24. The normalized spacial score (nSPS) is 18.9. The maximum atomic E-state index is 13.3. The van der Waals surface area contributed by atoms with Gasteiger partial charge in [-0.1, -0.05) is 24.3 Å². The van der Waals surface area contributed by atoms with Crippen LogP contribution in [-0.4, -0.2) is 18.6 Å². The second-order valence-electron chi connectivity index (χ2n) is 5.53. The lowest BCUT2D eigenvalue weighted by Crippen LogP contribution is -2.22. The van der Waals surface area contributed by atoms with Gasteiger partial charge < -0.3 is 4.74 Å². The summed E-state index contributed by atoms with van der Waals surface area (Å²) in [6.45, 7) is 1.86. The van der Waals surface area contributed by atoms with Gasteiger partial charge in [-0.3, -0.25) is 4.90 Å². The zero-order valence-corrected chi connectivity index (χ0v) is 12.3. The summed E-state index contributed by atoms with van der Waals surface area (Å²) in [6.07, 6.45) is 2.34. The summed E-state index contributed by atoms with van der Waals surface area (Å²) in [7, 11) is 1.68. The summed E-state index contributed by atoms with van der Waals surface area (Å²) < 4.78 is 18.5. The summed E-state index contributed by atoms with van der Waals surface area (Å²) in [6, 6.07) is 15.6. The van der Waals surface area contributed by atoms with E-state index in [4.69, 9.17) is 4.74 Å². The molecule has 0 aromatic heterocycles. The van der Waals surface area contributed by atoms with E-state index in [0.717, 1.165) is 30.8 Å². The SMILES string of the molecule is COc1ccc([C@@H]2CCCN2Cc2cccc(F)c2)cc1. The third-order valence-corrected chi connectivity index (χ3v) is 4.14. The van der Waals surface area contributed by atoms with Crippen LogP contribution in [0.3, 0.4) is 0 Å². The molecule has 0 radical (unpaired) electrons. The molecule has 1 fully saturated rings. The van der Waals surface area contributed by atoms with Crippen LogP contribution in [0, 0.1) is 5.82 Å². The van der Waals surface area contributed by atoms with E-state index in [1.807, 2.05) is 18.2 Å². The Morgan fingerprint density at radius 3 is 2.71 bits per heavy atom. The smallest absolute Gasteiger partial charge is 0.123 e. The Bertz CT molecular complexity index is 596. The van der Waals surface area contributed by atoms with Crippen LogP contribution in [0.1, 0.15) is 30.0 Å². The Morgan fingerprint density at radius 1 is 1.19 bits per heavy atom. The minimum absolute atomic E-state index is 0.160. The molecule has 0 N–H and O–H groups in total. The molecule has 0 saturated carbocycles. The van der Waals surface area contributed by atoms with Crippen LogP contribution in [0.5, 0.6) is 5.75 Å². The predicted molar refractivity (Wildman–Crippen MR) is 81.8 cm³/mol. The zero-order chi connectivity index (χ0) is 14.7. The molecule has 2 aromatic rings. The van der Waals surface area contributed by atoms with Crippen molar-refractivity contribution >= 4 is 0 Å². The minimum Gasteiger partial charge on any atom is -0.497 e. The summed E-state index contributed by atoms with van der Waals surface area (Å²) in [5.41, 5.74) is 2.35. The van der Waals surface area contributed by atoms with E-state index in [1.54, 1.807) is 19.2 Å². The van der Waals surface area contributed by atoms with Gasteiger partial charge in [0, 0.05) is 12.6 Å². The molecule has 3 heteroatoms. The molecule has 2 nitrogen and oxygen atoms in total. The fraction of sp³-hybridized carbons (Fsp3) is 0.333. The number of methoxy groups -OCH3 is 1. The van der Waals surface area contributed by atoms with Crippen molar-refractivity contribution in [3.8, 4) is 5.75 Å². The van der Waals surface area contributed by atoms with Gasteiger partial charge in [-0.25, -0.2) is 4.39 Å². The first kappa shape index (κ1) is 14.1. The minimum atomic E-state index is -0.160. The highest BCUT2D eigenvalue weighted by Gasteiger charge is 2.25. The highest BCUT2D eigenvalue weighted by Crippen LogP contribution is 2.33. The largest absolute Gasteiger partial charge is 0.497 e. The molecule has 1 aliphatic rings. The van der Waals surface area contributed by atoms with Gasteiger partial charge in [-0.2, -0.15) is 0 Å². The van der Waals surface area contributed by atoms with E-state index in [-0.39, 0.29) is 5.82 Å². The molecule has 0 aliphatic carbocycles. The maximum Gasteiger partial charge on any atom is 0.123 e. The molecule has 110 valence electrons. The van der Waals surface area contributed by atoms with Crippen LogP contribution in [0.4, 0.5) is 4.39 Å². The molecule has 0 bridgehead atoms. The number of benzene rings is 2. The molecule has 1 saturated heterocycles. The quantitative estimate of drug-likeness (QED) is 0.836. The molecule has 0 unspecified atom stereocenters. The number of ether oxygens (including phenoxy) is 1. The van der Waals surface area contributed by atoms with Gasteiger partial charge in [-0.05, 0) is 54.8 Å². The third-order valence-electron chi connectivity index (χ3n) is 4.14. The van der Waals surface area contributed by atoms with Crippen molar-refractivity contribution in [1.82, 2.24) is 4.90 Å². The van der Waals surface area contributed by atoms with Gasteiger partial charge in [0.25, 0.3) is 0 Å². The van der Waals surface area contributed by atoms with Crippen LogP contribution in [-0.2, 0) is 6.54 Å². The molecule has 0 spiro atoms. The number of hydrogen-bond donors (Lipinski definition) is 0. The second kappa shape index (κ2) is 6.27. The molecule has 1 heterocycles. The molecule has 1 atom stereocenters. The molecular formula is C18H20FNO. The van der Waals surface area contributed by atoms with Gasteiger partial charge in [0.15, 0.2) is 0 Å². The standard InChI is InChI=1S/C18H20FNO/c1-21-17-9-7-15(8-10-17)18-6-3-11-20(18)13-14-4-2-5-16(19)12-14/h2,4-5,7-10,12,18H,3,6,11,13H2,1H3/t18-/m0/s1. The van der Waals surface area contributed by atoms with Crippen molar-refractivity contribution < 1.29 is 9.13 Å². The Morgan fingerprint density at radius 2 is 2.00 bits per heavy atom. The number of halogens is 1. The van der Waals surface area contributed by atoms with Crippen LogP contribution in [0.25, 0.3) is 0 Å². The Labute approximate surface area is 125 Å². The first-order chi connectivity index (χ1) is 10.3. The van der Waals surface area contributed by atoms with Crippen molar-refractivity contribution in [1.29, 1.82) is 0 Å². The zero-order valence-electron chi connectivity index (χ0n) is 12.3. The highest BCUT2D eigenvalue weighted by molar-refractivity contribution is 5.30. The first-order valence-electron chi connectivity index (χ1n) is 7.39. The molecule has 1 aliphatic heterocycles. The molecule has 21 heavy (non-hydrogen) atoms. The van der Waals surface area contributed by atoms with E-state index in [9.17, 15) is 4.39 Å². The van der Waals surface area contributed by atoms with Crippen molar-refractivity contribution in [2.45, 2.75) is 25.4 Å². The second-order valence-corrected chi connectivity index (χ2v) is 5.53. The van der Waals surface area contributed by atoms with Gasteiger partial charge in [0.05, 0.1) is 7.11 Å². The molecule has 3 rings (SSSR count). The molecule has 0 amide bonds. The maximum absolute atomic E-state index is 13.3. The molecular weight excluding hydrogens is 265 g/mol. The average molecular weight is 285 g/mol. The lowest BCUT2D eigenvalue weighted by Gasteiger charge is -2.25. The van der Waals surface area contributed by atoms with E-state index in [2.05, 4.69) is 17.0 Å². The Hall–Kier alpha value is -1.87. The predicted octanol–water partition coefficient (Wildman–Crippen LogP) is 4.17. The van der Waals surface area contributed by atoms with Gasteiger partial charge in [-0.15, -0.1) is 0 Å². The summed E-state index contributed by atoms with van der Waals surface area (Å²) in [5.74, 6) is 0.723. The van der Waals surface area contributed by atoms with Crippen LogP contribution in [0.2, 0.25) is 0 Å². The van der Waals surface area contributed by atoms with E-state index < -0.39 is 0 Å². The van der Waals surface area contributed by atoms with Crippen LogP contribution >= 0.6 is 0 Å². The Balaban J connectivity index is 1.75. The summed E-state index contributed by atoms with van der Waals surface area (Å²) in [5, 5.41) is 0. The number of hydrogen-bond acceptors (Lipinski definition) is 2. The fourth-order valence-electron chi connectivity index (χ4n) is 3.09. The number of rotatable bonds is 4. The van der Waals surface area contributed by atoms with Crippen molar-refractivity contribution in [2.75, 3.05) is 13.7 Å². The Kier molecular flexibility index (Phi) is 4.20. The van der Waals surface area contributed by atoms with E-state index >= 15 is 0 Å². The van der Waals surface area contributed by atoms with Crippen molar-refractivity contribution in [2.24, 2.45) is 0 Å². The average Bonchev–Trinajstić information content (AvgIpc) is 2.95. The first-order valence-corrected chi connectivity index (χ1v) is 7.39. The fourth-order valence-corrected chi connectivity index (χ4v) is 3.09. The van der Waals surface area contributed by atoms with Gasteiger partial charge >= 0.3 is 0 Å².